The second-order valence-corrected chi connectivity index (χ2v) is 5.54. The molecule has 100 valence electrons. The summed E-state index contributed by atoms with van der Waals surface area (Å²) in [6, 6.07) is 6.04. The Morgan fingerprint density at radius 1 is 1.42 bits per heavy atom. The van der Waals surface area contributed by atoms with Gasteiger partial charge in [-0.15, -0.1) is 0 Å². The summed E-state index contributed by atoms with van der Waals surface area (Å²) in [7, 11) is 3.24. The number of methoxy groups -OCH3 is 1. The SMILES string of the molecule is COC(=O)C1(Cc2ccc3c(c2)CC(=O)N3C)CC1. The van der Waals surface area contributed by atoms with E-state index in [2.05, 4.69) is 6.07 Å². The lowest BCUT2D eigenvalue weighted by atomic mass is 9.95. The van der Waals surface area contributed by atoms with E-state index < -0.39 is 0 Å². The van der Waals surface area contributed by atoms with Crippen molar-refractivity contribution in [3.05, 3.63) is 29.3 Å². The summed E-state index contributed by atoms with van der Waals surface area (Å²) >= 11 is 0. The molecular weight excluding hydrogens is 242 g/mol. The first kappa shape index (κ1) is 12.2. The van der Waals surface area contributed by atoms with Crippen LogP contribution in [0, 0.1) is 5.41 Å². The Bertz CT molecular complexity index is 561. The summed E-state index contributed by atoms with van der Waals surface area (Å²) in [4.78, 5) is 25.1. The van der Waals surface area contributed by atoms with Crippen LogP contribution in [0.4, 0.5) is 5.69 Å². The molecule has 0 atom stereocenters. The predicted octanol–water partition coefficient (Wildman–Crippen LogP) is 1.70. The number of ether oxygens (including phenoxy) is 1. The zero-order valence-electron chi connectivity index (χ0n) is 11.2. The Morgan fingerprint density at radius 3 is 2.79 bits per heavy atom. The van der Waals surface area contributed by atoms with Crippen LogP contribution >= 0.6 is 0 Å². The molecule has 2 aliphatic rings. The van der Waals surface area contributed by atoms with Gasteiger partial charge in [-0.05, 0) is 36.5 Å². The number of hydrogen-bond acceptors (Lipinski definition) is 3. The molecule has 19 heavy (non-hydrogen) atoms. The van der Waals surface area contributed by atoms with Crippen LogP contribution in [0.3, 0.4) is 0 Å². The van der Waals surface area contributed by atoms with Crippen LogP contribution in [-0.4, -0.2) is 26.0 Å². The molecule has 3 rings (SSSR count). The van der Waals surface area contributed by atoms with E-state index in [0.29, 0.717) is 12.8 Å². The lowest BCUT2D eigenvalue weighted by molar-refractivity contribution is -0.147. The molecule has 0 N–H and O–H groups in total. The standard InChI is InChI=1S/C15H17NO3/c1-16-12-4-3-10(7-11(12)8-13(16)17)9-15(5-6-15)14(18)19-2/h3-4,7H,5-6,8-9H2,1-2H3. The zero-order chi connectivity index (χ0) is 13.6. The van der Waals surface area contributed by atoms with Gasteiger partial charge in [0.05, 0.1) is 18.9 Å². The van der Waals surface area contributed by atoms with E-state index in [9.17, 15) is 9.59 Å². The predicted molar refractivity (Wildman–Crippen MR) is 70.9 cm³/mol. The molecule has 0 radical (unpaired) electrons. The number of rotatable bonds is 3. The maximum atomic E-state index is 11.8. The second-order valence-electron chi connectivity index (χ2n) is 5.54. The number of hydrogen-bond donors (Lipinski definition) is 0. The Labute approximate surface area is 112 Å². The van der Waals surface area contributed by atoms with Gasteiger partial charge in [0.2, 0.25) is 5.91 Å². The maximum absolute atomic E-state index is 11.8. The summed E-state index contributed by atoms with van der Waals surface area (Å²) in [5.74, 6) is 0.0162. The van der Waals surface area contributed by atoms with Crippen LogP contribution in [0.25, 0.3) is 0 Å². The van der Waals surface area contributed by atoms with Gasteiger partial charge in [-0.25, -0.2) is 0 Å². The number of amides is 1. The van der Waals surface area contributed by atoms with Crippen molar-refractivity contribution in [2.75, 3.05) is 19.1 Å². The first-order chi connectivity index (χ1) is 9.05. The normalized spacial score (nSPS) is 19.3. The Balaban J connectivity index is 1.83. The van der Waals surface area contributed by atoms with Crippen molar-refractivity contribution in [2.24, 2.45) is 5.41 Å². The average Bonchev–Trinajstić information content (AvgIpc) is 3.12. The summed E-state index contributed by atoms with van der Waals surface area (Å²) in [6.45, 7) is 0. The molecule has 0 unspecified atom stereocenters. The molecule has 1 aliphatic carbocycles. The van der Waals surface area contributed by atoms with Gasteiger partial charge in [-0.1, -0.05) is 12.1 Å². The van der Waals surface area contributed by atoms with Crippen LogP contribution in [0.15, 0.2) is 18.2 Å². The lowest BCUT2D eigenvalue weighted by Gasteiger charge is -2.14. The molecule has 0 bridgehead atoms. The molecule has 1 amide bonds. The van der Waals surface area contributed by atoms with Crippen molar-refractivity contribution >= 4 is 17.6 Å². The number of fused-ring (bicyclic) bond motifs is 1. The molecule has 1 aromatic rings. The highest BCUT2D eigenvalue weighted by atomic mass is 16.5. The fourth-order valence-corrected chi connectivity index (χ4v) is 2.84. The van der Waals surface area contributed by atoms with Gasteiger partial charge >= 0.3 is 5.97 Å². The first-order valence-electron chi connectivity index (χ1n) is 6.52. The van der Waals surface area contributed by atoms with Crippen LogP contribution in [0.1, 0.15) is 24.0 Å². The van der Waals surface area contributed by atoms with E-state index in [1.807, 2.05) is 12.1 Å². The van der Waals surface area contributed by atoms with Crippen molar-refractivity contribution in [2.45, 2.75) is 25.7 Å². The Hall–Kier alpha value is -1.84. The van der Waals surface area contributed by atoms with E-state index in [0.717, 1.165) is 29.7 Å². The summed E-state index contributed by atoms with van der Waals surface area (Å²) < 4.78 is 4.88. The largest absolute Gasteiger partial charge is 0.469 e. The maximum Gasteiger partial charge on any atom is 0.312 e. The van der Waals surface area contributed by atoms with Crippen LogP contribution in [0.2, 0.25) is 0 Å². The van der Waals surface area contributed by atoms with Crippen LogP contribution in [-0.2, 0) is 27.2 Å². The molecule has 1 aromatic carbocycles. The highest BCUT2D eigenvalue weighted by Crippen LogP contribution is 2.49. The van der Waals surface area contributed by atoms with Gasteiger partial charge in [-0.2, -0.15) is 0 Å². The quantitative estimate of drug-likeness (QED) is 0.776. The number of carbonyl (C=O) groups excluding carboxylic acids is 2. The molecule has 0 saturated heterocycles. The molecule has 0 spiro atoms. The fraction of sp³-hybridized carbons (Fsp3) is 0.467. The number of esters is 1. The zero-order valence-corrected chi connectivity index (χ0v) is 11.2. The number of anilines is 1. The third-order valence-corrected chi connectivity index (χ3v) is 4.24. The van der Waals surface area contributed by atoms with Crippen molar-refractivity contribution in [3.8, 4) is 0 Å². The van der Waals surface area contributed by atoms with Gasteiger partial charge in [0.25, 0.3) is 0 Å². The minimum atomic E-state index is -0.308. The third kappa shape index (κ3) is 1.91. The summed E-state index contributed by atoms with van der Waals surface area (Å²) in [5.41, 5.74) is 2.85. The molecule has 4 nitrogen and oxygen atoms in total. The molecule has 1 fully saturated rings. The number of nitrogens with zero attached hydrogens (tertiary/aromatic N) is 1. The molecular formula is C15H17NO3. The van der Waals surface area contributed by atoms with E-state index in [-0.39, 0.29) is 17.3 Å². The van der Waals surface area contributed by atoms with E-state index in [4.69, 9.17) is 4.74 Å². The van der Waals surface area contributed by atoms with Gasteiger partial charge in [0, 0.05) is 12.7 Å². The van der Waals surface area contributed by atoms with Crippen LogP contribution < -0.4 is 4.90 Å². The topological polar surface area (TPSA) is 46.6 Å². The lowest BCUT2D eigenvalue weighted by Crippen LogP contribution is -2.20. The van der Waals surface area contributed by atoms with Crippen molar-refractivity contribution < 1.29 is 14.3 Å². The fourth-order valence-electron chi connectivity index (χ4n) is 2.84. The smallest absolute Gasteiger partial charge is 0.312 e. The van der Waals surface area contributed by atoms with E-state index in [1.165, 1.54) is 7.11 Å². The highest BCUT2D eigenvalue weighted by Gasteiger charge is 2.50. The minimum absolute atomic E-state index is 0.110. The van der Waals surface area contributed by atoms with Crippen molar-refractivity contribution in [1.82, 2.24) is 0 Å². The monoisotopic (exact) mass is 259 g/mol. The van der Waals surface area contributed by atoms with Crippen molar-refractivity contribution in [3.63, 3.8) is 0 Å². The van der Waals surface area contributed by atoms with E-state index in [1.54, 1.807) is 11.9 Å². The molecule has 4 heteroatoms. The second kappa shape index (κ2) is 4.08. The number of likely N-dealkylation sites (N-methyl/N-ethyl adjacent to an activating group) is 1. The molecule has 1 saturated carbocycles. The molecule has 0 aromatic heterocycles. The Morgan fingerprint density at radius 2 is 2.16 bits per heavy atom. The molecule has 1 aliphatic heterocycles. The summed E-state index contributed by atoms with van der Waals surface area (Å²) in [6.07, 6.45) is 2.97. The summed E-state index contributed by atoms with van der Waals surface area (Å²) in [5, 5.41) is 0. The number of benzene rings is 1. The average molecular weight is 259 g/mol. The van der Waals surface area contributed by atoms with E-state index >= 15 is 0 Å². The van der Waals surface area contributed by atoms with Crippen molar-refractivity contribution in [1.29, 1.82) is 0 Å². The van der Waals surface area contributed by atoms with Gasteiger partial charge < -0.3 is 9.64 Å². The molecule has 1 heterocycles. The minimum Gasteiger partial charge on any atom is -0.469 e. The van der Waals surface area contributed by atoms with Gasteiger partial charge in [-0.3, -0.25) is 9.59 Å². The van der Waals surface area contributed by atoms with Gasteiger partial charge in [0.1, 0.15) is 0 Å². The number of carbonyl (C=O) groups is 2. The van der Waals surface area contributed by atoms with Crippen LogP contribution in [0.5, 0.6) is 0 Å². The third-order valence-electron chi connectivity index (χ3n) is 4.24. The Kier molecular flexibility index (Phi) is 2.62. The van der Waals surface area contributed by atoms with Gasteiger partial charge in [0.15, 0.2) is 0 Å². The first-order valence-corrected chi connectivity index (χ1v) is 6.52. The highest BCUT2D eigenvalue weighted by molar-refractivity contribution is 6.00.